The van der Waals surface area contributed by atoms with Gasteiger partial charge in [0.25, 0.3) is 0 Å². The number of nitrogens with one attached hydrogen (secondary N) is 1. The first-order valence-electron chi connectivity index (χ1n) is 6.77. The first kappa shape index (κ1) is 13.9. The molecular weight excluding hydrogens is 240 g/mol. The molecule has 2 rings (SSSR count). The number of hydrogen-bond acceptors (Lipinski definition) is 3. The van der Waals surface area contributed by atoms with Crippen molar-refractivity contribution in [2.45, 2.75) is 38.2 Å². The Morgan fingerprint density at radius 2 is 2.37 bits per heavy atom. The van der Waals surface area contributed by atoms with Crippen LogP contribution in [-0.2, 0) is 9.53 Å². The quantitative estimate of drug-likeness (QED) is 0.816. The van der Waals surface area contributed by atoms with Crippen LogP contribution in [0.2, 0.25) is 0 Å². The summed E-state index contributed by atoms with van der Waals surface area (Å²) in [6.07, 6.45) is 2.07. The summed E-state index contributed by atoms with van der Waals surface area (Å²) >= 11 is 0. The van der Waals surface area contributed by atoms with E-state index in [-0.39, 0.29) is 17.4 Å². The summed E-state index contributed by atoms with van der Waals surface area (Å²) in [5.41, 5.74) is 7.16. The zero-order chi connectivity index (χ0) is 13.9. The van der Waals surface area contributed by atoms with Crippen LogP contribution in [-0.4, -0.2) is 24.7 Å². The molecule has 1 aromatic carbocycles. The van der Waals surface area contributed by atoms with Gasteiger partial charge in [-0.25, -0.2) is 0 Å². The van der Waals surface area contributed by atoms with Crippen molar-refractivity contribution >= 4 is 11.6 Å². The lowest BCUT2D eigenvalue weighted by molar-refractivity contribution is -0.123. The summed E-state index contributed by atoms with van der Waals surface area (Å²) in [4.78, 5) is 12.1. The molecule has 2 unspecified atom stereocenters. The van der Waals surface area contributed by atoms with Crippen molar-refractivity contribution in [1.29, 1.82) is 0 Å². The maximum Gasteiger partial charge on any atom is 0.227 e. The van der Waals surface area contributed by atoms with Gasteiger partial charge in [-0.05, 0) is 44.4 Å². The van der Waals surface area contributed by atoms with Crippen LogP contribution >= 0.6 is 0 Å². The lowest BCUT2D eigenvalue weighted by atomic mass is 9.98. The number of hydrogen-bond donors (Lipinski definition) is 2. The zero-order valence-electron chi connectivity index (χ0n) is 11.6. The number of nitrogen functional groups attached to an aromatic ring is 1. The second-order valence-corrected chi connectivity index (χ2v) is 5.51. The lowest BCUT2D eigenvalue weighted by Gasteiger charge is -2.24. The SMILES string of the molecule is CC(C(=O)NCC1(C)CCCO1)c1cccc(N)c1. The highest BCUT2D eigenvalue weighted by molar-refractivity contribution is 5.83. The van der Waals surface area contributed by atoms with E-state index in [9.17, 15) is 4.79 Å². The predicted octanol–water partition coefficient (Wildman–Crippen LogP) is 2.06. The van der Waals surface area contributed by atoms with Crippen LogP contribution in [0.1, 0.15) is 38.2 Å². The molecule has 0 aromatic heterocycles. The fraction of sp³-hybridized carbons (Fsp3) is 0.533. The number of benzene rings is 1. The molecular formula is C15H22N2O2. The normalized spacial score (nSPS) is 24.1. The molecule has 3 N–H and O–H groups in total. The smallest absolute Gasteiger partial charge is 0.227 e. The standard InChI is InChI=1S/C15H22N2O2/c1-11(12-5-3-6-13(16)9-12)14(18)17-10-15(2)7-4-8-19-15/h3,5-6,9,11H,4,7-8,10,16H2,1-2H3,(H,17,18). The highest BCUT2D eigenvalue weighted by Gasteiger charge is 2.30. The Hall–Kier alpha value is -1.55. The third kappa shape index (κ3) is 3.47. The summed E-state index contributed by atoms with van der Waals surface area (Å²) in [5, 5.41) is 2.98. The Bertz CT molecular complexity index is 453. The van der Waals surface area contributed by atoms with Crippen molar-refractivity contribution in [2.24, 2.45) is 0 Å². The third-order valence-electron chi connectivity index (χ3n) is 3.74. The van der Waals surface area contributed by atoms with E-state index in [2.05, 4.69) is 5.32 Å². The Morgan fingerprint density at radius 3 is 3.00 bits per heavy atom. The van der Waals surface area contributed by atoms with Crippen LogP contribution in [0.15, 0.2) is 24.3 Å². The highest BCUT2D eigenvalue weighted by atomic mass is 16.5. The predicted molar refractivity (Wildman–Crippen MR) is 75.9 cm³/mol. The topological polar surface area (TPSA) is 64.3 Å². The Kier molecular flexibility index (Phi) is 4.10. The fourth-order valence-electron chi connectivity index (χ4n) is 2.38. The van der Waals surface area contributed by atoms with E-state index >= 15 is 0 Å². The van der Waals surface area contributed by atoms with Crippen LogP contribution in [0, 0.1) is 0 Å². The number of amides is 1. The van der Waals surface area contributed by atoms with Crippen molar-refractivity contribution in [3.63, 3.8) is 0 Å². The second-order valence-electron chi connectivity index (χ2n) is 5.51. The summed E-state index contributed by atoms with van der Waals surface area (Å²) in [6, 6.07) is 7.46. The maximum absolute atomic E-state index is 12.1. The fourth-order valence-corrected chi connectivity index (χ4v) is 2.38. The summed E-state index contributed by atoms with van der Waals surface area (Å²) in [5.74, 6) is -0.184. The third-order valence-corrected chi connectivity index (χ3v) is 3.74. The van der Waals surface area contributed by atoms with Crippen molar-refractivity contribution in [2.75, 3.05) is 18.9 Å². The van der Waals surface area contributed by atoms with E-state index in [4.69, 9.17) is 10.5 Å². The number of ether oxygens (including phenoxy) is 1. The van der Waals surface area contributed by atoms with Crippen LogP contribution in [0.5, 0.6) is 0 Å². The van der Waals surface area contributed by atoms with Gasteiger partial charge in [-0.3, -0.25) is 4.79 Å². The Morgan fingerprint density at radius 1 is 1.58 bits per heavy atom. The van der Waals surface area contributed by atoms with Crippen molar-refractivity contribution in [3.8, 4) is 0 Å². The molecule has 1 aromatic rings. The summed E-state index contributed by atoms with van der Waals surface area (Å²) < 4.78 is 5.66. The first-order chi connectivity index (χ1) is 9.00. The second kappa shape index (κ2) is 5.61. The zero-order valence-corrected chi connectivity index (χ0v) is 11.6. The molecule has 0 spiro atoms. The summed E-state index contributed by atoms with van der Waals surface area (Å²) in [6.45, 7) is 5.29. The lowest BCUT2D eigenvalue weighted by Crippen LogP contribution is -2.41. The summed E-state index contributed by atoms with van der Waals surface area (Å²) in [7, 11) is 0. The average molecular weight is 262 g/mol. The molecule has 1 heterocycles. The van der Waals surface area contributed by atoms with Gasteiger partial charge in [-0.2, -0.15) is 0 Å². The van der Waals surface area contributed by atoms with Crippen molar-refractivity contribution in [3.05, 3.63) is 29.8 Å². The van der Waals surface area contributed by atoms with E-state index in [0.29, 0.717) is 12.2 Å². The highest BCUT2D eigenvalue weighted by Crippen LogP contribution is 2.24. The Labute approximate surface area is 114 Å². The van der Waals surface area contributed by atoms with Gasteiger partial charge in [0.15, 0.2) is 0 Å². The van der Waals surface area contributed by atoms with Gasteiger partial charge < -0.3 is 15.8 Å². The van der Waals surface area contributed by atoms with E-state index < -0.39 is 0 Å². The number of carbonyl (C=O) groups is 1. The molecule has 0 saturated carbocycles. The minimum atomic E-state index is -0.203. The average Bonchev–Trinajstić information content (AvgIpc) is 2.82. The number of carbonyl (C=O) groups excluding carboxylic acids is 1. The molecule has 4 heteroatoms. The largest absolute Gasteiger partial charge is 0.399 e. The van der Waals surface area contributed by atoms with E-state index in [0.717, 1.165) is 25.0 Å². The molecule has 1 fully saturated rings. The molecule has 0 radical (unpaired) electrons. The number of rotatable bonds is 4. The van der Waals surface area contributed by atoms with Crippen molar-refractivity contribution < 1.29 is 9.53 Å². The van der Waals surface area contributed by atoms with E-state index in [1.54, 1.807) is 0 Å². The molecule has 0 aliphatic carbocycles. The minimum absolute atomic E-state index is 0.0160. The van der Waals surface area contributed by atoms with Gasteiger partial charge >= 0.3 is 0 Å². The molecule has 1 aliphatic rings. The van der Waals surface area contributed by atoms with Gasteiger partial charge in [0.05, 0.1) is 11.5 Å². The number of nitrogens with two attached hydrogens (primary N) is 1. The van der Waals surface area contributed by atoms with Crippen LogP contribution < -0.4 is 11.1 Å². The van der Waals surface area contributed by atoms with Gasteiger partial charge in [-0.1, -0.05) is 12.1 Å². The number of anilines is 1. The minimum Gasteiger partial charge on any atom is -0.399 e. The van der Waals surface area contributed by atoms with Gasteiger partial charge in [-0.15, -0.1) is 0 Å². The van der Waals surface area contributed by atoms with Gasteiger partial charge in [0, 0.05) is 18.8 Å². The molecule has 19 heavy (non-hydrogen) atoms. The van der Waals surface area contributed by atoms with Crippen molar-refractivity contribution in [1.82, 2.24) is 5.32 Å². The van der Waals surface area contributed by atoms with Gasteiger partial charge in [0.2, 0.25) is 5.91 Å². The molecule has 1 aliphatic heterocycles. The van der Waals surface area contributed by atoms with Gasteiger partial charge in [0.1, 0.15) is 0 Å². The van der Waals surface area contributed by atoms with E-state index in [1.807, 2.05) is 38.1 Å². The molecule has 4 nitrogen and oxygen atoms in total. The first-order valence-corrected chi connectivity index (χ1v) is 6.77. The van der Waals surface area contributed by atoms with Crippen LogP contribution in [0.25, 0.3) is 0 Å². The van der Waals surface area contributed by atoms with E-state index in [1.165, 1.54) is 0 Å². The Balaban J connectivity index is 1.92. The monoisotopic (exact) mass is 262 g/mol. The molecule has 0 bridgehead atoms. The molecule has 104 valence electrons. The van der Waals surface area contributed by atoms with Crippen LogP contribution in [0.4, 0.5) is 5.69 Å². The van der Waals surface area contributed by atoms with Crippen LogP contribution in [0.3, 0.4) is 0 Å². The maximum atomic E-state index is 12.1. The molecule has 1 saturated heterocycles. The molecule has 2 atom stereocenters. The molecule has 1 amide bonds.